The highest BCUT2D eigenvalue weighted by molar-refractivity contribution is 6.34. The molecule has 0 aromatic heterocycles. The first-order valence-corrected chi connectivity index (χ1v) is 8.93. The van der Waals surface area contributed by atoms with Crippen molar-refractivity contribution in [1.29, 1.82) is 0 Å². The Kier molecular flexibility index (Phi) is 5.28. The average molecular weight is 375 g/mol. The van der Waals surface area contributed by atoms with Gasteiger partial charge >= 0.3 is 0 Å². The molecule has 0 atom stereocenters. The van der Waals surface area contributed by atoms with E-state index >= 15 is 0 Å². The average Bonchev–Trinajstić information content (AvgIpc) is 3.14. The number of amides is 2. The van der Waals surface area contributed by atoms with Crippen molar-refractivity contribution >= 4 is 29.1 Å². The van der Waals surface area contributed by atoms with Crippen molar-refractivity contribution in [3.05, 3.63) is 64.4 Å². The van der Waals surface area contributed by atoms with Gasteiger partial charge in [0.15, 0.2) is 0 Å². The van der Waals surface area contributed by atoms with Gasteiger partial charge in [0.2, 0.25) is 5.91 Å². The Morgan fingerprint density at radius 1 is 1.08 bits per heavy atom. The number of nitrogens with one attached hydrogen (secondary N) is 2. The van der Waals surface area contributed by atoms with E-state index in [9.17, 15) is 14.0 Å². The first-order valence-electron chi connectivity index (χ1n) is 8.55. The summed E-state index contributed by atoms with van der Waals surface area (Å²) in [7, 11) is 1.52. The predicted molar refractivity (Wildman–Crippen MR) is 100 cm³/mol. The van der Waals surface area contributed by atoms with Crippen LogP contribution in [0.15, 0.2) is 42.5 Å². The van der Waals surface area contributed by atoms with E-state index in [1.807, 2.05) is 0 Å². The molecule has 136 valence electrons. The standard InChI is InChI=1S/C20H20ClFN2O2/c1-23-18(25)16-12-15(8-9-17(16)21)24-19(26)20(10-2-3-11-20)13-4-6-14(22)7-5-13/h4-9,12H,2-3,10-11H2,1H3,(H,23,25)(H,24,26). The van der Waals surface area contributed by atoms with E-state index in [-0.39, 0.29) is 17.6 Å². The van der Waals surface area contributed by atoms with Crippen molar-refractivity contribution < 1.29 is 14.0 Å². The van der Waals surface area contributed by atoms with Gasteiger partial charge in [-0.1, -0.05) is 36.6 Å². The van der Waals surface area contributed by atoms with Gasteiger partial charge in [-0.2, -0.15) is 0 Å². The Morgan fingerprint density at radius 2 is 1.73 bits per heavy atom. The smallest absolute Gasteiger partial charge is 0.252 e. The van der Waals surface area contributed by atoms with E-state index in [1.54, 1.807) is 30.3 Å². The van der Waals surface area contributed by atoms with E-state index in [2.05, 4.69) is 10.6 Å². The lowest BCUT2D eigenvalue weighted by Crippen LogP contribution is -2.38. The lowest BCUT2D eigenvalue weighted by molar-refractivity contribution is -0.121. The lowest BCUT2D eigenvalue weighted by atomic mass is 9.78. The van der Waals surface area contributed by atoms with Gasteiger partial charge in [0, 0.05) is 12.7 Å². The molecule has 0 bridgehead atoms. The van der Waals surface area contributed by atoms with Crippen molar-refractivity contribution in [2.24, 2.45) is 0 Å². The van der Waals surface area contributed by atoms with Gasteiger partial charge in [-0.25, -0.2) is 4.39 Å². The van der Waals surface area contributed by atoms with E-state index in [4.69, 9.17) is 11.6 Å². The van der Waals surface area contributed by atoms with Crippen LogP contribution in [-0.4, -0.2) is 18.9 Å². The van der Waals surface area contributed by atoms with Gasteiger partial charge in [0.25, 0.3) is 5.91 Å². The van der Waals surface area contributed by atoms with Crippen LogP contribution in [0.25, 0.3) is 0 Å². The maximum atomic E-state index is 13.3. The first kappa shape index (κ1) is 18.4. The molecule has 1 aliphatic rings. The molecular formula is C20H20ClFN2O2. The molecule has 0 saturated heterocycles. The minimum absolute atomic E-state index is 0.146. The summed E-state index contributed by atoms with van der Waals surface area (Å²) in [6.07, 6.45) is 3.30. The Balaban J connectivity index is 1.90. The third-order valence-electron chi connectivity index (χ3n) is 4.98. The minimum atomic E-state index is -0.680. The zero-order chi connectivity index (χ0) is 18.7. The molecule has 1 fully saturated rings. The van der Waals surface area contributed by atoms with Crippen molar-refractivity contribution in [2.75, 3.05) is 12.4 Å². The second-order valence-electron chi connectivity index (χ2n) is 6.52. The minimum Gasteiger partial charge on any atom is -0.355 e. The molecule has 0 spiro atoms. The Hall–Kier alpha value is -2.40. The topological polar surface area (TPSA) is 58.2 Å². The number of carbonyl (C=O) groups excluding carboxylic acids is 2. The van der Waals surface area contributed by atoms with Crippen molar-refractivity contribution in [3.63, 3.8) is 0 Å². The van der Waals surface area contributed by atoms with Gasteiger partial charge in [-0.15, -0.1) is 0 Å². The quantitative estimate of drug-likeness (QED) is 0.838. The first-order chi connectivity index (χ1) is 12.5. The Morgan fingerprint density at radius 3 is 2.35 bits per heavy atom. The summed E-state index contributed by atoms with van der Waals surface area (Å²) in [6, 6.07) is 10.9. The fraction of sp³-hybridized carbons (Fsp3) is 0.300. The van der Waals surface area contributed by atoms with Crippen LogP contribution in [0.3, 0.4) is 0 Å². The fourth-order valence-electron chi connectivity index (χ4n) is 3.56. The van der Waals surface area contributed by atoms with Crippen LogP contribution in [-0.2, 0) is 10.2 Å². The number of carbonyl (C=O) groups is 2. The number of hydrogen-bond donors (Lipinski definition) is 2. The Bertz CT molecular complexity index is 830. The maximum absolute atomic E-state index is 13.3. The molecule has 0 heterocycles. The summed E-state index contributed by atoms with van der Waals surface area (Å²) in [5, 5.41) is 5.75. The molecular weight excluding hydrogens is 355 g/mol. The fourth-order valence-corrected chi connectivity index (χ4v) is 3.76. The Labute approximate surface area is 156 Å². The van der Waals surface area contributed by atoms with Gasteiger partial charge < -0.3 is 10.6 Å². The number of benzene rings is 2. The van der Waals surface area contributed by atoms with Crippen molar-refractivity contribution in [3.8, 4) is 0 Å². The predicted octanol–water partition coefficient (Wildman–Crippen LogP) is 4.29. The number of hydrogen-bond acceptors (Lipinski definition) is 2. The van der Waals surface area contributed by atoms with Crippen LogP contribution in [0, 0.1) is 5.82 Å². The van der Waals surface area contributed by atoms with Gasteiger partial charge in [-0.3, -0.25) is 9.59 Å². The number of rotatable bonds is 4. The molecule has 1 aliphatic carbocycles. The second-order valence-corrected chi connectivity index (χ2v) is 6.93. The molecule has 6 heteroatoms. The summed E-state index contributed by atoms with van der Waals surface area (Å²) in [6.45, 7) is 0. The van der Waals surface area contributed by atoms with Crippen molar-refractivity contribution in [2.45, 2.75) is 31.1 Å². The van der Waals surface area contributed by atoms with Gasteiger partial charge in [0.1, 0.15) is 5.82 Å². The van der Waals surface area contributed by atoms with Crippen LogP contribution < -0.4 is 10.6 Å². The molecule has 2 aromatic rings. The zero-order valence-corrected chi connectivity index (χ0v) is 15.2. The highest BCUT2D eigenvalue weighted by Crippen LogP contribution is 2.42. The normalized spacial score (nSPS) is 15.5. The van der Waals surface area contributed by atoms with Gasteiger partial charge in [-0.05, 0) is 48.7 Å². The van der Waals surface area contributed by atoms with E-state index in [0.717, 1.165) is 18.4 Å². The van der Waals surface area contributed by atoms with Crippen LogP contribution in [0.1, 0.15) is 41.6 Å². The SMILES string of the molecule is CNC(=O)c1cc(NC(=O)C2(c3ccc(F)cc3)CCCC2)ccc1Cl. The maximum Gasteiger partial charge on any atom is 0.252 e. The molecule has 4 nitrogen and oxygen atoms in total. The highest BCUT2D eigenvalue weighted by atomic mass is 35.5. The zero-order valence-electron chi connectivity index (χ0n) is 14.4. The molecule has 0 aliphatic heterocycles. The molecule has 2 aromatic carbocycles. The van der Waals surface area contributed by atoms with Crippen LogP contribution in [0.5, 0.6) is 0 Å². The summed E-state index contributed by atoms with van der Waals surface area (Å²) in [5.41, 5.74) is 0.940. The van der Waals surface area contributed by atoms with E-state index in [0.29, 0.717) is 29.1 Å². The number of anilines is 1. The van der Waals surface area contributed by atoms with Crippen LogP contribution in [0.4, 0.5) is 10.1 Å². The molecule has 1 saturated carbocycles. The third-order valence-corrected chi connectivity index (χ3v) is 5.31. The summed E-state index contributed by atoms with van der Waals surface area (Å²) < 4.78 is 13.3. The summed E-state index contributed by atoms with van der Waals surface area (Å²) in [5.74, 6) is -0.790. The molecule has 26 heavy (non-hydrogen) atoms. The van der Waals surface area contributed by atoms with Crippen molar-refractivity contribution in [1.82, 2.24) is 5.32 Å². The third kappa shape index (κ3) is 3.44. The number of halogens is 2. The van der Waals surface area contributed by atoms with Gasteiger partial charge in [0.05, 0.1) is 16.0 Å². The van der Waals surface area contributed by atoms with E-state index < -0.39 is 5.41 Å². The molecule has 2 amide bonds. The largest absolute Gasteiger partial charge is 0.355 e. The summed E-state index contributed by atoms with van der Waals surface area (Å²) in [4.78, 5) is 25.0. The molecule has 0 radical (unpaired) electrons. The molecule has 0 unspecified atom stereocenters. The second kappa shape index (κ2) is 7.46. The monoisotopic (exact) mass is 374 g/mol. The lowest BCUT2D eigenvalue weighted by Gasteiger charge is -2.28. The van der Waals surface area contributed by atoms with Crippen LogP contribution >= 0.6 is 11.6 Å². The van der Waals surface area contributed by atoms with Crippen LogP contribution in [0.2, 0.25) is 5.02 Å². The highest BCUT2D eigenvalue weighted by Gasteiger charge is 2.42. The molecule has 3 rings (SSSR count). The summed E-state index contributed by atoms with van der Waals surface area (Å²) >= 11 is 6.06. The van der Waals surface area contributed by atoms with E-state index in [1.165, 1.54) is 19.2 Å². The molecule has 2 N–H and O–H groups in total.